The van der Waals surface area contributed by atoms with Crippen molar-refractivity contribution in [2.45, 2.75) is 26.2 Å². The van der Waals surface area contributed by atoms with Crippen molar-refractivity contribution in [2.75, 3.05) is 40.4 Å². The summed E-state index contributed by atoms with van der Waals surface area (Å²) in [6.45, 7) is 5.26. The SMILES string of the molecule is CCN(CCCNCCCc1ccc(OC)c(OC)c1)C(=O)/C=C/c1ccc(Cl)cc1. The maximum absolute atomic E-state index is 12.4. The highest BCUT2D eigenvalue weighted by Gasteiger charge is 2.08. The standard InChI is InChI=1S/C25H33ClN2O3/c1-4-28(25(29)15-11-20-8-12-22(26)13-9-20)18-6-17-27-16-5-7-21-10-14-23(30-2)24(19-21)31-3/h8-15,19,27H,4-7,16-18H2,1-3H3/b15-11+. The number of ether oxygens (including phenoxy) is 2. The predicted octanol–water partition coefficient (Wildman–Crippen LogP) is 4.83. The van der Waals surface area contributed by atoms with Crippen LogP contribution in [-0.4, -0.2) is 51.2 Å². The number of aryl methyl sites for hydroxylation is 1. The molecule has 0 aromatic heterocycles. The van der Waals surface area contributed by atoms with E-state index >= 15 is 0 Å². The zero-order valence-corrected chi connectivity index (χ0v) is 19.5. The Morgan fingerprint density at radius 2 is 1.74 bits per heavy atom. The molecule has 1 amide bonds. The van der Waals surface area contributed by atoms with Crippen molar-refractivity contribution in [1.82, 2.24) is 10.2 Å². The summed E-state index contributed by atoms with van der Waals surface area (Å²) in [6, 6.07) is 13.5. The number of nitrogens with zero attached hydrogens (tertiary/aromatic N) is 1. The van der Waals surface area contributed by atoms with E-state index in [1.807, 2.05) is 54.3 Å². The summed E-state index contributed by atoms with van der Waals surface area (Å²) in [5.74, 6) is 1.55. The van der Waals surface area contributed by atoms with Gasteiger partial charge in [0.1, 0.15) is 0 Å². The van der Waals surface area contributed by atoms with Crippen LogP contribution in [0.3, 0.4) is 0 Å². The molecule has 2 aromatic rings. The van der Waals surface area contributed by atoms with Crippen LogP contribution in [0.4, 0.5) is 0 Å². The minimum absolute atomic E-state index is 0.0332. The van der Waals surface area contributed by atoms with Crippen LogP contribution in [0.5, 0.6) is 11.5 Å². The number of likely N-dealkylation sites (N-methyl/N-ethyl adjacent to an activating group) is 1. The van der Waals surface area contributed by atoms with E-state index in [4.69, 9.17) is 21.1 Å². The molecule has 1 N–H and O–H groups in total. The smallest absolute Gasteiger partial charge is 0.246 e. The van der Waals surface area contributed by atoms with Crippen LogP contribution in [0.1, 0.15) is 30.9 Å². The number of amides is 1. The van der Waals surface area contributed by atoms with Gasteiger partial charge in [-0.05, 0) is 80.7 Å². The highest BCUT2D eigenvalue weighted by Crippen LogP contribution is 2.27. The van der Waals surface area contributed by atoms with E-state index in [1.54, 1.807) is 20.3 Å². The van der Waals surface area contributed by atoms with Crippen LogP contribution in [0.2, 0.25) is 5.02 Å². The van der Waals surface area contributed by atoms with Crippen LogP contribution in [0.25, 0.3) is 6.08 Å². The highest BCUT2D eigenvalue weighted by molar-refractivity contribution is 6.30. The van der Waals surface area contributed by atoms with Gasteiger partial charge in [-0.3, -0.25) is 4.79 Å². The Labute approximate surface area is 191 Å². The Morgan fingerprint density at radius 3 is 2.42 bits per heavy atom. The molecule has 0 bridgehead atoms. The number of hydrogen-bond donors (Lipinski definition) is 1. The molecule has 0 aliphatic heterocycles. The summed E-state index contributed by atoms with van der Waals surface area (Å²) in [5.41, 5.74) is 2.19. The largest absolute Gasteiger partial charge is 0.493 e. The molecule has 0 saturated carbocycles. The van der Waals surface area contributed by atoms with Crippen LogP contribution in [0.15, 0.2) is 48.5 Å². The lowest BCUT2D eigenvalue weighted by Crippen LogP contribution is -2.32. The minimum Gasteiger partial charge on any atom is -0.493 e. The quantitative estimate of drug-likeness (QED) is 0.355. The number of benzene rings is 2. The first kappa shape index (κ1) is 24.8. The lowest BCUT2D eigenvalue weighted by molar-refractivity contribution is -0.125. The van der Waals surface area contributed by atoms with Gasteiger partial charge in [-0.15, -0.1) is 0 Å². The lowest BCUT2D eigenvalue weighted by atomic mass is 10.1. The molecule has 168 valence electrons. The maximum atomic E-state index is 12.4. The Balaban J connectivity index is 1.64. The second-order valence-corrected chi connectivity index (χ2v) is 7.64. The van der Waals surface area contributed by atoms with Crippen molar-refractivity contribution in [1.29, 1.82) is 0 Å². The van der Waals surface area contributed by atoms with Gasteiger partial charge in [-0.25, -0.2) is 0 Å². The average molecular weight is 445 g/mol. The van der Waals surface area contributed by atoms with Crippen molar-refractivity contribution in [3.05, 3.63) is 64.7 Å². The molecule has 2 aromatic carbocycles. The molecule has 0 saturated heterocycles. The van der Waals surface area contributed by atoms with E-state index in [0.29, 0.717) is 11.6 Å². The normalized spacial score (nSPS) is 11.0. The zero-order chi connectivity index (χ0) is 22.5. The fourth-order valence-corrected chi connectivity index (χ4v) is 3.37. The maximum Gasteiger partial charge on any atom is 0.246 e. The summed E-state index contributed by atoms with van der Waals surface area (Å²) in [6.07, 6.45) is 6.39. The Hall–Kier alpha value is -2.50. The number of carbonyl (C=O) groups is 1. The van der Waals surface area contributed by atoms with E-state index < -0.39 is 0 Å². The molecule has 31 heavy (non-hydrogen) atoms. The summed E-state index contributed by atoms with van der Waals surface area (Å²) < 4.78 is 10.6. The molecule has 0 aliphatic rings. The van der Waals surface area contributed by atoms with Gasteiger partial charge in [-0.2, -0.15) is 0 Å². The van der Waals surface area contributed by atoms with Crippen molar-refractivity contribution in [2.24, 2.45) is 0 Å². The number of rotatable bonds is 13. The van der Waals surface area contributed by atoms with Gasteiger partial charge in [-0.1, -0.05) is 29.8 Å². The molecule has 0 aliphatic carbocycles. The molecule has 0 fully saturated rings. The molecule has 2 rings (SSSR count). The first-order valence-electron chi connectivity index (χ1n) is 10.7. The van der Waals surface area contributed by atoms with Gasteiger partial charge in [0.05, 0.1) is 14.2 Å². The summed E-state index contributed by atoms with van der Waals surface area (Å²) >= 11 is 5.89. The van der Waals surface area contributed by atoms with Crippen LogP contribution >= 0.6 is 11.6 Å². The molecular formula is C25H33ClN2O3. The van der Waals surface area contributed by atoms with Crippen LogP contribution in [-0.2, 0) is 11.2 Å². The van der Waals surface area contributed by atoms with Crippen molar-refractivity contribution in [3.63, 3.8) is 0 Å². The first-order valence-corrected chi connectivity index (χ1v) is 11.1. The third-order valence-corrected chi connectivity index (χ3v) is 5.28. The summed E-state index contributed by atoms with van der Waals surface area (Å²) in [4.78, 5) is 14.3. The van der Waals surface area contributed by atoms with Gasteiger partial charge in [0.2, 0.25) is 5.91 Å². The van der Waals surface area contributed by atoms with E-state index in [9.17, 15) is 4.79 Å². The average Bonchev–Trinajstić information content (AvgIpc) is 2.80. The van der Waals surface area contributed by atoms with Crippen molar-refractivity contribution in [3.8, 4) is 11.5 Å². The van der Waals surface area contributed by atoms with Crippen molar-refractivity contribution >= 4 is 23.6 Å². The number of halogens is 1. The molecule has 0 spiro atoms. The molecule has 0 radical (unpaired) electrons. The third kappa shape index (κ3) is 8.64. The Kier molecular flexibility index (Phi) is 11.0. The summed E-state index contributed by atoms with van der Waals surface area (Å²) in [7, 11) is 3.30. The van der Waals surface area contributed by atoms with Crippen LogP contribution in [0, 0.1) is 0 Å². The van der Waals surface area contributed by atoms with Gasteiger partial charge in [0, 0.05) is 24.2 Å². The number of nitrogens with one attached hydrogen (secondary N) is 1. The predicted molar refractivity (Wildman–Crippen MR) is 128 cm³/mol. The zero-order valence-electron chi connectivity index (χ0n) is 18.7. The second kappa shape index (κ2) is 13.7. The molecule has 5 nitrogen and oxygen atoms in total. The lowest BCUT2D eigenvalue weighted by Gasteiger charge is -2.19. The fraction of sp³-hybridized carbons (Fsp3) is 0.400. The van der Waals surface area contributed by atoms with Gasteiger partial charge in [0.15, 0.2) is 11.5 Å². The second-order valence-electron chi connectivity index (χ2n) is 7.20. The van der Waals surface area contributed by atoms with Gasteiger partial charge >= 0.3 is 0 Å². The Morgan fingerprint density at radius 1 is 1.03 bits per heavy atom. The van der Waals surface area contributed by atoms with E-state index in [0.717, 1.165) is 56.0 Å². The monoisotopic (exact) mass is 444 g/mol. The minimum atomic E-state index is 0.0332. The van der Waals surface area contributed by atoms with Gasteiger partial charge in [0.25, 0.3) is 0 Å². The van der Waals surface area contributed by atoms with E-state index in [2.05, 4.69) is 11.4 Å². The first-order chi connectivity index (χ1) is 15.1. The fourth-order valence-electron chi connectivity index (χ4n) is 3.24. The molecule has 6 heteroatoms. The molecule has 0 unspecified atom stereocenters. The summed E-state index contributed by atoms with van der Waals surface area (Å²) in [5, 5.41) is 4.15. The molecular weight excluding hydrogens is 412 g/mol. The topological polar surface area (TPSA) is 50.8 Å². The third-order valence-electron chi connectivity index (χ3n) is 5.03. The Bertz CT molecular complexity index is 837. The number of methoxy groups -OCH3 is 2. The van der Waals surface area contributed by atoms with E-state index in [1.165, 1.54) is 5.56 Å². The van der Waals surface area contributed by atoms with Crippen LogP contribution < -0.4 is 14.8 Å². The van der Waals surface area contributed by atoms with Crippen molar-refractivity contribution < 1.29 is 14.3 Å². The molecule has 0 atom stereocenters. The number of carbonyl (C=O) groups excluding carboxylic acids is 1. The molecule has 0 heterocycles. The van der Waals surface area contributed by atoms with E-state index in [-0.39, 0.29) is 5.91 Å². The number of hydrogen-bond acceptors (Lipinski definition) is 4. The highest BCUT2D eigenvalue weighted by atomic mass is 35.5. The van der Waals surface area contributed by atoms with Gasteiger partial charge < -0.3 is 19.7 Å².